The summed E-state index contributed by atoms with van der Waals surface area (Å²) in [5, 5.41) is 6.82. The number of rotatable bonds is 10. The molecule has 0 aliphatic rings. The van der Waals surface area contributed by atoms with E-state index >= 15 is 0 Å². The molecular weight excluding hydrogens is 498 g/mol. The van der Waals surface area contributed by atoms with Crippen LogP contribution in [0.1, 0.15) is 56.6 Å². The molecule has 2 aromatic heterocycles. The number of hydrogen-bond donors (Lipinski definition) is 2. The second-order valence-electron chi connectivity index (χ2n) is 9.60. The molecule has 0 aliphatic heterocycles. The lowest BCUT2D eigenvalue weighted by Gasteiger charge is -2.17. The van der Waals surface area contributed by atoms with Crippen molar-refractivity contribution >= 4 is 32.8 Å². The van der Waals surface area contributed by atoms with Gasteiger partial charge in [-0.1, -0.05) is 69.2 Å². The fraction of sp³-hybridized carbons (Fsp3) is 0.345. The zero-order valence-electron chi connectivity index (χ0n) is 22.4. The Kier molecular flexibility index (Phi) is 8.28. The lowest BCUT2D eigenvalue weighted by atomic mass is 10.1. The minimum absolute atomic E-state index is 0.146. The summed E-state index contributed by atoms with van der Waals surface area (Å²) in [5.74, 6) is 0.241. The molecule has 4 aromatic rings. The van der Waals surface area contributed by atoms with Gasteiger partial charge in [0.05, 0.1) is 11.4 Å². The van der Waals surface area contributed by atoms with E-state index in [-0.39, 0.29) is 6.42 Å². The molecule has 3 N–H and O–H groups in total. The van der Waals surface area contributed by atoms with Crippen molar-refractivity contribution in [1.82, 2.24) is 14.5 Å². The summed E-state index contributed by atoms with van der Waals surface area (Å²) in [4.78, 5) is 22.7. The number of imidazole rings is 1. The Bertz CT molecular complexity index is 1550. The number of sulfonamides is 1. The van der Waals surface area contributed by atoms with Crippen molar-refractivity contribution in [2.75, 3.05) is 5.32 Å². The Hall–Kier alpha value is -3.56. The van der Waals surface area contributed by atoms with Crippen LogP contribution in [0.2, 0.25) is 0 Å². The lowest BCUT2D eigenvalue weighted by Crippen LogP contribution is -2.39. The van der Waals surface area contributed by atoms with Crippen molar-refractivity contribution < 1.29 is 13.2 Å². The number of unbranched alkanes of at least 4 members (excludes halogenated alkanes) is 1. The van der Waals surface area contributed by atoms with Crippen LogP contribution in [0.5, 0.6) is 0 Å². The van der Waals surface area contributed by atoms with Gasteiger partial charge in [-0.15, -0.1) is 0 Å². The van der Waals surface area contributed by atoms with Crippen LogP contribution in [-0.2, 0) is 21.2 Å². The molecule has 2 heterocycles. The number of anilines is 1. The average Bonchev–Trinajstić information content (AvgIpc) is 3.26. The third-order valence-corrected chi connectivity index (χ3v) is 8.01. The van der Waals surface area contributed by atoms with Gasteiger partial charge >= 0.3 is 0 Å². The number of amides is 1. The van der Waals surface area contributed by atoms with E-state index in [2.05, 4.69) is 53.2 Å². The third-order valence-electron chi connectivity index (χ3n) is 6.76. The first kappa shape index (κ1) is 27.5. The number of carbonyl (C=O) groups is 1. The fourth-order valence-electron chi connectivity index (χ4n) is 4.72. The van der Waals surface area contributed by atoms with E-state index in [1.807, 2.05) is 32.0 Å². The van der Waals surface area contributed by atoms with Gasteiger partial charge in [-0.25, -0.2) is 23.5 Å². The highest BCUT2D eigenvalue weighted by molar-refractivity contribution is 7.90. The van der Waals surface area contributed by atoms with Gasteiger partial charge in [-0.3, -0.25) is 9.36 Å². The first-order valence-corrected chi connectivity index (χ1v) is 14.6. The Morgan fingerprint density at radius 2 is 1.63 bits per heavy atom. The van der Waals surface area contributed by atoms with Crippen LogP contribution in [0, 0.1) is 13.8 Å². The molecule has 4 rings (SSSR count). The van der Waals surface area contributed by atoms with Crippen molar-refractivity contribution in [3.8, 4) is 16.8 Å². The summed E-state index contributed by atoms with van der Waals surface area (Å²) in [6, 6.07) is 18.5. The Labute approximate surface area is 224 Å². The van der Waals surface area contributed by atoms with Crippen molar-refractivity contribution in [2.45, 2.75) is 65.0 Å². The van der Waals surface area contributed by atoms with Crippen LogP contribution in [0.3, 0.4) is 0 Å². The minimum Gasteiger partial charge on any atom is -0.323 e. The van der Waals surface area contributed by atoms with Crippen molar-refractivity contribution in [3.05, 3.63) is 71.7 Å². The predicted octanol–water partition coefficient (Wildman–Crippen LogP) is 5.44. The van der Waals surface area contributed by atoms with E-state index in [9.17, 15) is 13.2 Å². The number of nitrogens with zero attached hydrogens (tertiary/aromatic N) is 3. The number of carbonyl (C=O) groups excluding carboxylic acids is 1. The third kappa shape index (κ3) is 5.63. The second kappa shape index (κ2) is 11.4. The van der Waals surface area contributed by atoms with Crippen LogP contribution >= 0.6 is 0 Å². The van der Waals surface area contributed by atoms with Gasteiger partial charge in [-0.05, 0) is 49.9 Å². The highest BCUT2D eigenvalue weighted by Crippen LogP contribution is 2.31. The molecule has 9 heteroatoms. The molecule has 0 saturated carbocycles. The molecular formula is C29H35N5O3S. The van der Waals surface area contributed by atoms with E-state index < -0.39 is 21.2 Å². The molecule has 2 aromatic carbocycles. The monoisotopic (exact) mass is 533 g/mol. The summed E-state index contributed by atoms with van der Waals surface area (Å²) in [5.41, 5.74) is 6.39. The summed E-state index contributed by atoms with van der Waals surface area (Å²) in [6.45, 7) is 7.63. The minimum atomic E-state index is -4.04. The summed E-state index contributed by atoms with van der Waals surface area (Å²) in [7, 11) is -4.04. The van der Waals surface area contributed by atoms with E-state index in [1.165, 1.54) is 0 Å². The van der Waals surface area contributed by atoms with Crippen molar-refractivity contribution in [3.63, 3.8) is 0 Å². The zero-order chi connectivity index (χ0) is 27.4. The average molecular weight is 534 g/mol. The van der Waals surface area contributed by atoms with Gasteiger partial charge in [0.25, 0.3) is 0 Å². The maximum Gasteiger partial charge on any atom is 0.244 e. The number of aromatic nitrogens is 3. The number of fused-ring (bicyclic) bond motifs is 1. The van der Waals surface area contributed by atoms with Crippen LogP contribution in [0.15, 0.2) is 54.6 Å². The number of hydrogen-bond acceptors (Lipinski definition) is 5. The molecule has 0 spiro atoms. The normalized spacial score (nSPS) is 12.6. The first-order valence-electron chi connectivity index (χ1n) is 13.0. The van der Waals surface area contributed by atoms with Crippen molar-refractivity contribution in [1.29, 1.82) is 0 Å². The molecule has 0 bridgehead atoms. The fourth-order valence-corrected chi connectivity index (χ4v) is 5.64. The molecule has 1 unspecified atom stereocenters. The van der Waals surface area contributed by atoms with Gasteiger partial charge < -0.3 is 5.32 Å². The Morgan fingerprint density at radius 1 is 0.974 bits per heavy atom. The van der Waals surface area contributed by atoms with Gasteiger partial charge in [0.2, 0.25) is 15.9 Å². The number of primary sulfonamides is 1. The summed E-state index contributed by atoms with van der Waals surface area (Å²) < 4.78 is 26.2. The SMILES string of the molecule is CCCCc1nc2c(C)c(NC(=O)C(CCC)S(N)(=O)=O)c(C)nc2n1-c1ccc(-c2ccccc2)cc1. The summed E-state index contributed by atoms with van der Waals surface area (Å²) in [6.07, 6.45) is 3.43. The molecule has 0 saturated heterocycles. The van der Waals surface area contributed by atoms with Gasteiger partial charge in [0, 0.05) is 17.7 Å². The molecule has 8 nitrogen and oxygen atoms in total. The Morgan fingerprint density at radius 3 is 2.24 bits per heavy atom. The van der Waals surface area contributed by atoms with Crippen LogP contribution < -0.4 is 10.5 Å². The quantitative estimate of drug-likeness (QED) is 0.281. The lowest BCUT2D eigenvalue weighted by molar-refractivity contribution is -0.116. The number of nitrogens with two attached hydrogens (primary N) is 1. The summed E-state index contributed by atoms with van der Waals surface area (Å²) >= 11 is 0. The highest BCUT2D eigenvalue weighted by atomic mass is 32.2. The smallest absolute Gasteiger partial charge is 0.244 e. The maximum absolute atomic E-state index is 12.9. The molecule has 200 valence electrons. The number of benzene rings is 2. The van der Waals surface area contributed by atoms with E-state index in [0.29, 0.717) is 29.0 Å². The second-order valence-corrected chi connectivity index (χ2v) is 11.4. The van der Waals surface area contributed by atoms with E-state index in [1.54, 1.807) is 6.92 Å². The van der Waals surface area contributed by atoms with Gasteiger partial charge in [0.1, 0.15) is 11.3 Å². The molecule has 1 amide bonds. The van der Waals surface area contributed by atoms with E-state index in [4.69, 9.17) is 15.1 Å². The van der Waals surface area contributed by atoms with Gasteiger partial charge in [-0.2, -0.15) is 0 Å². The van der Waals surface area contributed by atoms with Crippen molar-refractivity contribution in [2.24, 2.45) is 5.14 Å². The maximum atomic E-state index is 12.9. The predicted molar refractivity (Wildman–Crippen MR) is 153 cm³/mol. The van der Waals surface area contributed by atoms with Crippen LogP contribution in [0.25, 0.3) is 28.0 Å². The molecule has 38 heavy (non-hydrogen) atoms. The van der Waals surface area contributed by atoms with E-state index in [0.717, 1.165) is 47.5 Å². The molecule has 0 aliphatic carbocycles. The van der Waals surface area contributed by atoms with Crippen LogP contribution in [-0.4, -0.2) is 34.1 Å². The molecule has 1 atom stereocenters. The molecule has 0 fully saturated rings. The Balaban J connectivity index is 1.79. The number of aryl methyl sites for hydroxylation is 3. The molecule has 0 radical (unpaired) electrons. The zero-order valence-corrected chi connectivity index (χ0v) is 23.2. The standard InChI is InChI=1S/C29H35N5O3S/c1-5-7-14-25-32-27-19(3)26(33-29(35)24(11-6-2)38(30,36)37)20(4)31-28(27)34(25)23-17-15-22(16-18-23)21-12-9-8-10-13-21/h8-10,12-13,15-18,24H,5-7,11,14H2,1-4H3,(H,33,35)(H2,30,36,37). The van der Waals surface area contributed by atoms with Gasteiger partial charge in [0.15, 0.2) is 10.9 Å². The topological polar surface area (TPSA) is 120 Å². The first-order chi connectivity index (χ1) is 18.2. The highest BCUT2D eigenvalue weighted by Gasteiger charge is 2.30. The number of nitrogens with one attached hydrogen (secondary N) is 1. The number of pyridine rings is 1. The largest absolute Gasteiger partial charge is 0.323 e. The van der Waals surface area contributed by atoms with Crippen LogP contribution in [0.4, 0.5) is 5.69 Å².